The van der Waals surface area contributed by atoms with Crippen LogP contribution in [0.1, 0.15) is 5.56 Å². The van der Waals surface area contributed by atoms with Gasteiger partial charge < -0.3 is 16.0 Å². The monoisotopic (exact) mass is 393 g/mol. The highest BCUT2D eigenvalue weighted by Gasteiger charge is 2.09. The zero-order valence-corrected chi connectivity index (χ0v) is 15.6. The number of aryl methyl sites for hydroxylation is 1. The van der Waals surface area contributed by atoms with Gasteiger partial charge in [-0.2, -0.15) is 0 Å². The van der Waals surface area contributed by atoms with Crippen molar-refractivity contribution in [3.63, 3.8) is 0 Å². The van der Waals surface area contributed by atoms with Crippen molar-refractivity contribution in [2.75, 3.05) is 16.0 Å². The molecule has 0 fully saturated rings. The quantitative estimate of drug-likeness (QED) is 0.530. The first-order valence-electron chi connectivity index (χ1n) is 8.74. The first-order valence-corrected chi connectivity index (χ1v) is 8.74. The predicted octanol–water partition coefficient (Wildman–Crippen LogP) is 2.13. The van der Waals surface area contributed by atoms with Crippen molar-refractivity contribution < 1.29 is 9.59 Å². The molecule has 9 nitrogen and oxygen atoms in total. The van der Waals surface area contributed by atoms with E-state index < -0.39 is 23.2 Å². The molecule has 148 valence electrons. The summed E-state index contributed by atoms with van der Waals surface area (Å²) < 4.78 is 1.08. The fraction of sp³-hybridized carbons (Fsp3) is 0.100. The number of urea groups is 1. The molecule has 0 aliphatic heterocycles. The molecule has 0 saturated carbocycles. The summed E-state index contributed by atoms with van der Waals surface area (Å²) in [5.41, 5.74) is 1.20. The molecule has 3 amide bonds. The van der Waals surface area contributed by atoms with E-state index in [0.29, 0.717) is 17.1 Å². The minimum absolute atomic E-state index is 0.263. The van der Waals surface area contributed by atoms with Gasteiger partial charge in [0.05, 0.1) is 0 Å². The number of nitrogens with one attached hydrogen (secondary N) is 4. The summed E-state index contributed by atoms with van der Waals surface area (Å²) in [5.74, 6) is -0.451. The summed E-state index contributed by atoms with van der Waals surface area (Å²) in [6, 6.07) is 14.8. The second-order valence-corrected chi connectivity index (χ2v) is 6.26. The molecule has 0 aliphatic rings. The molecule has 4 N–H and O–H groups in total. The van der Waals surface area contributed by atoms with Gasteiger partial charge in [0.15, 0.2) is 0 Å². The highest BCUT2D eigenvalue weighted by atomic mass is 16.2. The van der Waals surface area contributed by atoms with E-state index in [0.717, 1.165) is 16.2 Å². The van der Waals surface area contributed by atoms with Crippen LogP contribution in [0.4, 0.5) is 21.9 Å². The van der Waals surface area contributed by atoms with Crippen molar-refractivity contribution in [1.82, 2.24) is 9.55 Å². The number of H-pyrrole nitrogens is 1. The van der Waals surface area contributed by atoms with Gasteiger partial charge in [-0.25, -0.2) is 9.59 Å². The molecule has 9 heteroatoms. The summed E-state index contributed by atoms with van der Waals surface area (Å²) in [6.45, 7) is 1.54. The third-order valence-corrected chi connectivity index (χ3v) is 4.01. The molecule has 1 heterocycles. The zero-order valence-electron chi connectivity index (χ0n) is 15.6. The molecule has 2 aromatic carbocycles. The number of amides is 3. The van der Waals surface area contributed by atoms with Gasteiger partial charge in [-0.3, -0.25) is 19.1 Å². The second kappa shape index (κ2) is 8.70. The van der Waals surface area contributed by atoms with E-state index in [9.17, 15) is 19.2 Å². The smallest absolute Gasteiger partial charge is 0.324 e. The number of aromatic amines is 1. The van der Waals surface area contributed by atoms with Crippen molar-refractivity contribution in [2.45, 2.75) is 13.5 Å². The number of benzene rings is 2. The molecule has 0 spiro atoms. The SMILES string of the molecule is Cc1ccc(NC(=O)Nc2ccccc2)cc1NC(=O)Cn1ccc(=O)[nH]c1=O. The van der Waals surface area contributed by atoms with Crippen LogP contribution in [0.25, 0.3) is 0 Å². The van der Waals surface area contributed by atoms with E-state index in [-0.39, 0.29) is 6.54 Å². The largest absolute Gasteiger partial charge is 0.328 e. The van der Waals surface area contributed by atoms with Crippen molar-refractivity contribution in [3.05, 3.63) is 87.2 Å². The first-order chi connectivity index (χ1) is 13.9. The number of nitrogens with zero attached hydrogens (tertiary/aromatic N) is 1. The third-order valence-electron chi connectivity index (χ3n) is 4.01. The lowest BCUT2D eigenvalue weighted by Crippen LogP contribution is -2.32. The summed E-state index contributed by atoms with van der Waals surface area (Å²) in [4.78, 5) is 49.3. The van der Waals surface area contributed by atoms with E-state index >= 15 is 0 Å². The van der Waals surface area contributed by atoms with Crippen LogP contribution in [0.2, 0.25) is 0 Å². The van der Waals surface area contributed by atoms with Crippen LogP contribution in [0.15, 0.2) is 70.4 Å². The molecule has 0 aliphatic carbocycles. The molecule has 0 unspecified atom stereocenters. The molecule has 3 aromatic rings. The summed E-state index contributed by atoms with van der Waals surface area (Å²) in [5, 5.41) is 8.11. The number of para-hydroxylation sites is 1. The Morgan fingerprint density at radius 1 is 0.931 bits per heavy atom. The van der Waals surface area contributed by atoms with Gasteiger partial charge in [0, 0.05) is 29.3 Å². The van der Waals surface area contributed by atoms with Crippen LogP contribution in [0, 0.1) is 6.92 Å². The van der Waals surface area contributed by atoms with Gasteiger partial charge in [-0.15, -0.1) is 0 Å². The van der Waals surface area contributed by atoms with Crippen LogP contribution in [-0.2, 0) is 11.3 Å². The standard InChI is InChI=1S/C20H19N5O4/c1-13-7-8-15(22-19(28)21-14-5-3-2-4-6-14)11-16(13)23-18(27)12-25-10-9-17(26)24-20(25)29/h2-11H,12H2,1H3,(H,23,27)(H2,21,22,28)(H,24,26,29). The van der Waals surface area contributed by atoms with E-state index in [1.165, 1.54) is 6.20 Å². The average Bonchev–Trinajstić information content (AvgIpc) is 2.67. The van der Waals surface area contributed by atoms with Crippen LogP contribution >= 0.6 is 0 Å². The summed E-state index contributed by atoms with van der Waals surface area (Å²) in [6.07, 6.45) is 1.25. The molecule has 0 bridgehead atoms. The molecule has 0 atom stereocenters. The number of hydrogen-bond donors (Lipinski definition) is 4. The van der Waals surface area contributed by atoms with Gasteiger partial charge in [0.1, 0.15) is 6.54 Å². The first kappa shape index (κ1) is 19.6. The maximum atomic E-state index is 12.3. The average molecular weight is 393 g/mol. The fourth-order valence-corrected chi connectivity index (χ4v) is 2.56. The number of rotatable bonds is 5. The van der Waals surface area contributed by atoms with Crippen molar-refractivity contribution in [3.8, 4) is 0 Å². The van der Waals surface area contributed by atoms with Gasteiger partial charge in [-0.1, -0.05) is 24.3 Å². The molecule has 0 radical (unpaired) electrons. The number of carbonyl (C=O) groups is 2. The van der Waals surface area contributed by atoms with E-state index in [4.69, 9.17) is 0 Å². The van der Waals surface area contributed by atoms with Gasteiger partial charge in [-0.05, 0) is 36.8 Å². The Bertz CT molecular complexity index is 1150. The zero-order chi connectivity index (χ0) is 20.8. The fourth-order valence-electron chi connectivity index (χ4n) is 2.56. The summed E-state index contributed by atoms with van der Waals surface area (Å²) >= 11 is 0. The maximum absolute atomic E-state index is 12.3. The van der Waals surface area contributed by atoms with Gasteiger partial charge in [0.25, 0.3) is 5.56 Å². The Hall–Kier alpha value is -4.14. The molecule has 3 rings (SSSR count). The summed E-state index contributed by atoms with van der Waals surface area (Å²) in [7, 11) is 0. The van der Waals surface area contributed by atoms with E-state index in [1.54, 1.807) is 37.3 Å². The van der Waals surface area contributed by atoms with Crippen LogP contribution < -0.4 is 27.2 Å². The lowest BCUT2D eigenvalue weighted by molar-refractivity contribution is -0.116. The second-order valence-electron chi connectivity index (χ2n) is 6.26. The Morgan fingerprint density at radius 3 is 2.38 bits per heavy atom. The number of anilines is 3. The lowest BCUT2D eigenvalue weighted by Gasteiger charge is -2.12. The predicted molar refractivity (Wildman–Crippen MR) is 110 cm³/mol. The lowest BCUT2D eigenvalue weighted by atomic mass is 10.1. The number of hydrogen-bond acceptors (Lipinski definition) is 4. The van der Waals surface area contributed by atoms with Crippen LogP contribution in [0.5, 0.6) is 0 Å². The van der Waals surface area contributed by atoms with E-state index in [1.807, 2.05) is 18.2 Å². The Labute approximate surface area is 165 Å². The topological polar surface area (TPSA) is 125 Å². The minimum Gasteiger partial charge on any atom is -0.324 e. The Kier molecular flexibility index (Phi) is 5.88. The van der Waals surface area contributed by atoms with Gasteiger partial charge >= 0.3 is 11.7 Å². The highest BCUT2D eigenvalue weighted by Crippen LogP contribution is 2.20. The van der Waals surface area contributed by atoms with Crippen LogP contribution in [-0.4, -0.2) is 21.5 Å². The third kappa shape index (κ3) is 5.42. The van der Waals surface area contributed by atoms with Crippen molar-refractivity contribution in [1.29, 1.82) is 0 Å². The molecular formula is C20H19N5O4. The Balaban J connectivity index is 1.66. The molecule has 29 heavy (non-hydrogen) atoms. The molecule has 1 aromatic heterocycles. The number of aromatic nitrogens is 2. The van der Waals surface area contributed by atoms with Gasteiger partial charge in [0.2, 0.25) is 5.91 Å². The van der Waals surface area contributed by atoms with Crippen molar-refractivity contribution >= 4 is 29.0 Å². The number of carbonyl (C=O) groups excluding carboxylic acids is 2. The highest BCUT2D eigenvalue weighted by molar-refractivity contribution is 6.00. The Morgan fingerprint density at radius 2 is 1.66 bits per heavy atom. The minimum atomic E-state index is -0.669. The van der Waals surface area contributed by atoms with Crippen LogP contribution in [0.3, 0.4) is 0 Å². The molecular weight excluding hydrogens is 374 g/mol. The molecule has 0 saturated heterocycles. The maximum Gasteiger partial charge on any atom is 0.328 e. The normalized spacial score (nSPS) is 10.2. The van der Waals surface area contributed by atoms with E-state index in [2.05, 4.69) is 20.9 Å². The van der Waals surface area contributed by atoms with Crippen molar-refractivity contribution in [2.24, 2.45) is 0 Å².